The van der Waals surface area contributed by atoms with Gasteiger partial charge in [-0.2, -0.15) is 5.26 Å². The molecule has 114 valence electrons. The van der Waals surface area contributed by atoms with E-state index < -0.39 is 10.0 Å². The summed E-state index contributed by atoms with van der Waals surface area (Å²) in [6, 6.07) is 12.3. The van der Waals surface area contributed by atoms with Crippen molar-refractivity contribution in [3.05, 3.63) is 48.0 Å². The maximum Gasteiger partial charge on any atom is 0.261 e. The predicted octanol–water partition coefficient (Wildman–Crippen LogP) is 2.38. The van der Waals surface area contributed by atoms with Crippen molar-refractivity contribution in [3.63, 3.8) is 0 Å². The first-order chi connectivity index (χ1) is 10.5. The molecule has 0 aliphatic carbocycles. The van der Waals surface area contributed by atoms with E-state index in [0.29, 0.717) is 22.7 Å². The van der Waals surface area contributed by atoms with Crippen molar-refractivity contribution < 1.29 is 17.9 Å². The van der Waals surface area contributed by atoms with Gasteiger partial charge in [-0.15, -0.1) is 0 Å². The van der Waals surface area contributed by atoms with Crippen LogP contribution in [-0.4, -0.2) is 22.6 Å². The highest BCUT2D eigenvalue weighted by Crippen LogP contribution is 2.30. The lowest BCUT2D eigenvalue weighted by atomic mass is 10.2. The summed E-state index contributed by atoms with van der Waals surface area (Å²) in [6.07, 6.45) is 0. The van der Waals surface area contributed by atoms with Crippen LogP contribution in [0.1, 0.15) is 5.56 Å². The summed E-state index contributed by atoms with van der Waals surface area (Å²) in [4.78, 5) is 0.0706. The first-order valence-electron chi connectivity index (χ1n) is 6.25. The molecule has 2 aromatic carbocycles. The minimum atomic E-state index is -3.74. The minimum Gasteiger partial charge on any atom is -0.493 e. The standard InChI is InChI=1S/C15H14N2O4S/c1-20-14-8-5-12(9-15(14)21-2)17-22(18,19)13-6-3-11(10-16)4-7-13/h3-9,17H,1-2H3. The Hall–Kier alpha value is -2.72. The van der Waals surface area contributed by atoms with Crippen LogP contribution in [-0.2, 0) is 10.0 Å². The van der Waals surface area contributed by atoms with Crippen molar-refractivity contribution in [2.75, 3.05) is 18.9 Å². The van der Waals surface area contributed by atoms with Gasteiger partial charge in [0, 0.05) is 6.07 Å². The highest BCUT2D eigenvalue weighted by molar-refractivity contribution is 7.92. The number of sulfonamides is 1. The van der Waals surface area contributed by atoms with Gasteiger partial charge >= 0.3 is 0 Å². The number of ether oxygens (including phenoxy) is 2. The third kappa shape index (κ3) is 3.30. The Balaban J connectivity index is 2.30. The normalized spacial score (nSPS) is 10.6. The topological polar surface area (TPSA) is 88.4 Å². The average molecular weight is 318 g/mol. The van der Waals surface area contributed by atoms with Gasteiger partial charge in [0.25, 0.3) is 10.0 Å². The zero-order chi connectivity index (χ0) is 16.2. The fourth-order valence-electron chi connectivity index (χ4n) is 1.82. The van der Waals surface area contributed by atoms with E-state index in [0.717, 1.165) is 0 Å². The zero-order valence-corrected chi connectivity index (χ0v) is 12.8. The molecule has 0 saturated carbocycles. The summed E-state index contributed by atoms with van der Waals surface area (Å²) in [7, 11) is -0.771. The lowest BCUT2D eigenvalue weighted by molar-refractivity contribution is 0.355. The van der Waals surface area contributed by atoms with Gasteiger partial charge < -0.3 is 9.47 Å². The van der Waals surface area contributed by atoms with Crippen molar-refractivity contribution in [2.24, 2.45) is 0 Å². The van der Waals surface area contributed by atoms with Crippen LogP contribution in [0, 0.1) is 11.3 Å². The van der Waals surface area contributed by atoms with Crippen LogP contribution in [0.15, 0.2) is 47.4 Å². The fraction of sp³-hybridized carbons (Fsp3) is 0.133. The van der Waals surface area contributed by atoms with E-state index in [4.69, 9.17) is 14.7 Å². The molecule has 0 unspecified atom stereocenters. The van der Waals surface area contributed by atoms with Gasteiger partial charge in [0.1, 0.15) is 0 Å². The van der Waals surface area contributed by atoms with Crippen molar-refractivity contribution >= 4 is 15.7 Å². The molecule has 0 fully saturated rings. The Kier molecular flexibility index (Phi) is 4.53. The van der Waals surface area contributed by atoms with Crippen LogP contribution in [0.3, 0.4) is 0 Å². The molecule has 0 aliphatic rings. The van der Waals surface area contributed by atoms with Crippen molar-refractivity contribution in [3.8, 4) is 17.6 Å². The van der Waals surface area contributed by atoms with E-state index in [-0.39, 0.29) is 4.90 Å². The summed E-state index contributed by atoms with van der Waals surface area (Å²) in [5.74, 6) is 0.923. The Morgan fingerprint density at radius 3 is 2.18 bits per heavy atom. The summed E-state index contributed by atoms with van der Waals surface area (Å²) >= 11 is 0. The molecule has 0 amide bonds. The third-order valence-corrected chi connectivity index (χ3v) is 4.33. The highest BCUT2D eigenvalue weighted by Gasteiger charge is 2.15. The molecule has 0 atom stereocenters. The number of nitrogens with one attached hydrogen (secondary N) is 1. The molecule has 2 rings (SSSR count). The summed E-state index contributed by atoms with van der Waals surface area (Å²) in [5.41, 5.74) is 0.743. The highest BCUT2D eigenvalue weighted by atomic mass is 32.2. The van der Waals surface area contributed by atoms with E-state index in [1.54, 1.807) is 12.1 Å². The minimum absolute atomic E-state index is 0.0706. The van der Waals surface area contributed by atoms with Crippen LogP contribution in [0.5, 0.6) is 11.5 Å². The van der Waals surface area contributed by atoms with Crippen LogP contribution in [0.25, 0.3) is 0 Å². The molecule has 0 heterocycles. The van der Waals surface area contributed by atoms with Gasteiger partial charge in [0.05, 0.1) is 36.4 Å². The first-order valence-corrected chi connectivity index (χ1v) is 7.73. The molecule has 0 spiro atoms. The monoisotopic (exact) mass is 318 g/mol. The van der Waals surface area contributed by atoms with Crippen LogP contribution >= 0.6 is 0 Å². The number of methoxy groups -OCH3 is 2. The smallest absolute Gasteiger partial charge is 0.261 e. The molecule has 0 aromatic heterocycles. The molecule has 22 heavy (non-hydrogen) atoms. The predicted molar refractivity (Wildman–Crippen MR) is 81.5 cm³/mol. The Labute approximate surface area is 129 Å². The summed E-state index contributed by atoms with van der Waals surface area (Å²) in [6.45, 7) is 0. The molecule has 0 aliphatic heterocycles. The number of benzene rings is 2. The van der Waals surface area contributed by atoms with Crippen LogP contribution in [0.4, 0.5) is 5.69 Å². The molecular formula is C15H14N2O4S. The first kappa shape index (κ1) is 15.7. The molecule has 1 N–H and O–H groups in total. The molecule has 0 bridgehead atoms. The number of nitriles is 1. The zero-order valence-electron chi connectivity index (χ0n) is 12.0. The Bertz CT molecular complexity index is 808. The van der Waals surface area contributed by atoms with Crippen LogP contribution < -0.4 is 14.2 Å². The van der Waals surface area contributed by atoms with Crippen molar-refractivity contribution in [1.29, 1.82) is 5.26 Å². The lowest BCUT2D eigenvalue weighted by Gasteiger charge is -2.11. The molecule has 0 radical (unpaired) electrons. The van der Waals surface area contributed by atoms with E-state index in [1.807, 2.05) is 6.07 Å². The molecule has 7 heteroatoms. The second-order valence-corrected chi connectivity index (χ2v) is 5.99. The average Bonchev–Trinajstić information content (AvgIpc) is 2.54. The van der Waals surface area contributed by atoms with Crippen LogP contribution in [0.2, 0.25) is 0 Å². The third-order valence-electron chi connectivity index (χ3n) is 2.93. The van der Waals surface area contributed by atoms with Gasteiger partial charge in [-0.05, 0) is 36.4 Å². The van der Waals surface area contributed by atoms with E-state index >= 15 is 0 Å². The number of hydrogen-bond donors (Lipinski definition) is 1. The number of anilines is 1. The quantitative estimate of drug-likeness (QED) is 0.914. The number of nitrogens with zero attached hydrogens (tertiary/aromatic N) is 1. The van der Waals surface area contributed by atoms with Gasteiger partial charge in [-0.3, -0.25) is 4.72 Å². The largest absolute Gasteiger partial charge is 0.493 e. The number of rotatable bonds is 5. The molecule has 0 saturated heterocycles. The van der Waals surface area contributed by atoms with Gasteiger partial charge in [0.2, 0.25) is 0 Å². The lowest BCUT2D eigenvalue weighted by Crippen LogP contribution is -2.13. The maximum atomic E-state index is 12.3. The summed E-state index contributed by atoms with van der Waals surface area (Å²) in [5, 5.41) is 8.73. The molecule has 2 aromatic rings. The molecular weight excluding hydrogens is 304 g/mol. The van der Waals surface area contributed by atoms with E-state index in [2.05, 4.69) is 4.72 Å². The second kappa shape index (κ2) is 6.37. The Morgan fingerprint density at radius 2 is 1.64 bits per heavy atom. The SMILES string of the molecule is COc1ccc(NS(=O)(=O)c2ccc(C#N)cc2)cc1OC. The van der Waals surface area contributed by atoms with E-state index in [1.165, 1.54) is 44.6 Å². The van der Waals surface area contributed by atoms with Gasteiger partial charge in [0.15, 0.2) is 11.5 Å². The second-order valence-electron chi connectivity index (χ2n) is 4.31. The van der Waals surface area contributed by atoms with Gasteiger partial charge in [-0.1, -0.05) is 0 Å². The fourth-order valence-corrected chi connectivity index (χ4v) is 2.87. The van der Waals surface area contributed by atoms with Gasteiger partial charge in [-0.25, -0.2) is 8.42 Å². The van der Waals surface area contributed by atoms with Crippen molar-refractivity contribution in [2.45, 2.75) is 4.90 Å². The molecule has 6 nitrogen and oxygen atoms in total. The summed E-state index contributed by atoms with van der Waals surface area (Å²) < 4.78 is 37.3. The van der Waals surface area contributed by atoms with E-state index in [9.17, 15) is 8.42 Å². The number of hydrogen-bond acceptors (Lipinski definition) is 5. The van der Waals surface area contributed by atoms with Crippen molar-refractivity contribution in [1.82, 2.24) is 0 Å². The maximum absolute atomic E-state index is 12.3. The Morgan fingerprint density at radius 1 is 1.00 bits per heavy atom.